The number of nitro benzene ring substituents is 1. The van der Waals surface area contributed by atoms with Gasteiger partial charge in [-0.3, -0.25) is 14.8 Å². The van der Waals surface area contributed by atoms with Crippen molar-refractivity contribution in [1.82, 2.24) is 9.78 Å². The van der Waals surface area contributed by atoms with E-state index in [0.29, 0.717) is 0 Å². The monoisotopic (exact) mass is 351 g/mol. The number of fused-ring (bicyclic) bond motifs is 1. The van der Waals surface area contributed by atoms with Gasteiger partial charge in [0.05, 0.1) is 16.6 Å². The van der Waals surface area contributed by atoms with Gasteiger partial charge >= 0.3 is 0 Å². The molecule has 0 spiro atoms. The van der Waals surface area contributed by atoms with Crippen LogP contribution in [-0.4, -0.2) is 20.0 Å². The highest BCUT2D eigenvalue weighted by molar-refractivity contribution is 9.09. The van der Waals surface area contributed by atoms with Gasteiger partial charge in [0, 0.05) is 29.4 Å². The van der Waals surface area contributed by atoms with E-state index in [0.717, 1.165) is 22.8 Å². The van der Waals surface area contributed by atoms with E-state index in [1.807, 2.05) is 4.68 Å². The molecule has 0 unspecified atom stereocenters. The van der Waals surface area contributed by atoms with Gasteiger partial charge < -0.3 is 0 Å². The zero-order valence-corrected chi connectivity index (χ0v) is 13.4. The zero-order chi connectivity index (χ0) is 14.9. The second kappa shape index (κ2) is 5.75. The Morgan fingerprint density at radius 1 is 1.33 bits per heavy atom. The SMILES string of the molecule is O=[N+]([O-])c1ccc2cnn(CC3(CBr)CCCCC3)c2c1. The summed E-state index contributed by atoms with van der Waals surface area (Å²) in [6.07, 6.45) is 7.99. The summed E-state index contributed by atoms with van der Waals surface area (Å²) in [5.74, 6) is 0. The average Bonchev–Trinajstić information content (AvgIpc) is 2.90. The fourth-order valence-electron chi connectivity index (χ4n) is 3.25. The van der Waals surface area contributed by atoms with Crippen LogP contribution in [0.3, 0.4) is 0 Å². The summed E-state index contributed by atoms with van der Waals surface area (Å²) < 4.78 is 1.94. The van der Waals surface area contributed by atoms with Gasteiger partial charge in [-0.05, 0) is 24.3 Å². The lowest BCUT2D eigenvalue weighted by Gasteiger charge is -2.35. The molecule has 0 atom stereocenters. The molecule has 5 nitrogen and oxygen atoms in total. The molecule has 1 aromatic carbocycles. The van der Waals surface area contributed by atoms with Gasteiger partial charge in [-0.2, -0.15) is 5.10 Å². The molecule has 0 saturated heterocycles. The number of alkyl halides is 1. The van der Waals surface area contributed by atoms with Crippen LogP contribution in [0.25, 0.3) is 10.9 Å². The van der Waals surface area contributed by atoms with Crippen molar-refractivity contribution in [1.29, 1.82) is 0 Å². The van der Waals surface area contributed by atoms with Gasteiger partial charge in [0.2, 0.25) is 0 Å². The van der Waals surface area contributed by atoms with E-state index >= 15 is 0 Å². The fourth-order valence-corrected chi connectivity index (χ4v) is 3.99. The van der Waals surface area contributed by atoms with Crippen molar-refractivity contribution >= 4 is 32.5 Å². The maximum absolute atomic E-state index is 11.0. The van der Waals surface area contributed by atoms with E-state index in [2.05, 4.69) is 21.0 Å². The van der Waals surface area contributed by atoms with E-state index < -0.39 is 0 Å². The van der Waals surface area contributed by atoms with Gasteiger partial charge in [0.15, 0.2) is 0 Å². The van der Waals surface area contributed by atoms with Gasteiger partial charge in [-0.25, -0.2) is 0 Å². The maximum Gasteiger partial charge on any atom is 0.271 e. The number of nitrogens with zero attached hydrogens (tertiary/aromatic N) is 3. The Labute approximate surface area is 131 Å². The Morgan fingerprint density at radius 3 is 2.76 bits per heavy atom. The molecule has 21 heavy (non-hydrogen) atoms. The van der Waals surface area contributed by atoms with E-state index in [1.54, 1.807) is 18.3 Å². The predicted molar refractivity (Wildman–Crippen MR) is 85.7 cm³/mol. The molecule has 0 N–H and O–H groups in total. The third kappa shape index (κ3) is 2.81. The first kappa shape index (κ1) is 14.5. The second-order valence-corrected chi connectivity index (χ2v) is 6.56. The Hall–Kier alpha value is -1.43. The van der Waals surface area contributed by atoms with Gasteiger partial charge in [-0.1, -0.05) is 35.2 Å². The van der Waals surface area contributed by atoms with Crippen LogP contribution in [-0.2, 0) is 6.54 Å². The van der Waals surface area contributed by atoms with Crippen LogP contribution < -0.4 is 0 Å². The van der Waals surface area contributed by atoms with Crippen LogP contribution in [0.15, 0.2) is 24.4 Å². The number of halogens is 1. The first-order chi connectivity index (χ1) is 10.1. The second-order valence-electron chi connectivity index (χ2n) is 6.00. The van der Waals surface area contributed by atoms with Crippen molar-refractivity contribution in [2.45, 2.75) is 38.6 Å². The highest BCUT2D eigenvalue weighted by Gasteiger charge is 2.32. The minimum Gasteiger partial charge on any atom is -0.264 e. The molecule has 1 heterocycles. The molecule has 1 aliphatic rings. The van der Waals surface area contributed by atoms with E-state index in [1.165, 1.54) is 38.2 Å². The summed E-state index contributed by atoms with van der Waals surface area (Å²) in [5.41, 5.74) is 1.21. The minimum absolute atomic E-state index is 0.126. The van der Waals surface area contributed by atoms with Crippen LogP contribution >= 0.6 is 15.9 Å². The van der Waals surface area contributed by atoms with Gasteiger partial charge in [0.1, 0.15) is 0 Å². The quantitative estimate of drug-likeness (QED) is 0.468. The molecule has 6 heteroatoms. The minimum atomic E-state index is -0.350. The number of non-ortho nitro benzene ring substituents is 1. The normalized spacial score (nSPS) is 18.0. The summed E-state index contributed by atoms with van der Waals surface area (Å²) in [6, 6.07) is 4.95. The van der Waals surface area contributed by atoms with Gasteiger partial charge in [-0.15, -0.1) is 0 Å². The molecule has 1 fully saturated rings. The Bertz CT molecular complexity index is 662. The molecule has 0 amide bonds. The van der Waals surface area contributed by atoms with Crippen LogP contribution in [0.4, 0.5) is 5.69 Å². The number of benzene rings is 1. The van der Waals surface area contributed by atoms with Crippen LogP contribution in [0, 0.1) is 15.5 Å². The summed E-state index contributed by atoms with van der Waals surface area (Å²) in [6.45, 7) is 0.822. The van der Waals surface area contributed by atoms with Crippen LogP contribution in [0.1, 0.15) is 32.1 Å². The number of aromatic nitrogens is 2. The van der Waals surface area contributed by atoms with E-state index in [9.17, 15) is 10.1 Å². The lowest BCUT2D eigenvalue weighted by Crippen LogP contribution is -2.31. The Morgan fingerprint density at radius 2 is 2.10 bits per heavy atom. The highest BCUT2D eigenvalue weighted by atomic mass is 79.9. The summed E-state index contributed by atoms with van der Waals surface area (Å²) in [5, 5.41) is 17.3. The molecule has 1 aliphatic carbocycles. The summed E-state index contributed by atoms with van der Waals surface area (Å²) in [7, 11) is 0. The number of nitro groups is 1. The molecule has 2 aromatic rings. The largest absolute Gasteiger partial charge is 0.271 e. The van der Waals surface area contributed by atoms with Crippen LogP contribution in [0.5, 0.6) is 0 Å². The third-order valence-electron chi connectivity index (χ3n) is 4.52. The molecule has 1 saturated carbocycles. The molecule has 0 bridgehead atoms. The highest BCUT2D eigenvalue weighted by Crippen LogP contribution is 2.39. The Balaban J connectivity index is 1.96. The molecule has 1 aromatic heterocycles. The van der Waals surface area contributed by atoms with Crippen molar-refractivity contribution in [3.8, 4) is 0 Å². The number of hydrogen-bond acceptors (Lipinski definition) is 3. The lowest BCUT2D eigenvalue weighted by molar-refractivity contribution is -0.384. The topological polar surface area (TPSA) is 61.0 Å². The molecule has 0 aliphatic heterocycles. The first-order valence-corrected chi connectivity index (χ1v) is 8.42. The summed E-state index contributed by atoms with van der Waals surface area (Å²) >= 11 is 3.67. The molecule has 3 rings (SSSR count). The van der Waals surface area contributed by atoms with Crippen LogP contribution in [0.2, 0.25) is 0 Å². The predicted octanol–water partition coefficient (Wildman–Crippen LogP) is 4.29. The van der Waals surface area contributed by atoms with Crippen molar-refractivity contribution in [2.24, 2.45) is 5.41 Å². The Kier molecular flexibility index (Phi) is 3.97. The van der Waals surface area contributed by atoms with Crippen molar-refractivity contribution in [3.63, 3.8) is 0 Å². The molecular weight excluding hydrogens is 334 g/mol. The average molecular weight is 352 g/mol. The van der Waals surface area contributed by atoms with Crippen molar-refractivity contribution in [3.05, 3.63) is 34.5 Å². The molecular formula is C15H18BrN3O2. The molecule has 112 valence electrons. The third-order valence-corrected chi connectivity index (χ3v) is 5.71. The maximum atomic E-state index is 11.0. The number of rotatable bonds is 4. The first-order valence-electron chi connectivity index (χ1n) is 7.29. The van der Waals surface area contributed by atoms with Gasteiger partial charge in [0.25, 0.3) is 5.69 Å². The van der Waals surface area contributed by atoms with Crippen molar-refractivity contribution < 1.29 is 4.92 Å². The number of hydrogen-bond donors (Lipinski definition) is 0. The fraction of sp³-hybridized carbons (Fsp3) is 0.533. The molecule has 0 radical (unpaired) electrons. The van der Waals surface area contributed by atoms with E-state index in [4.69, 9.17) is 0 Å². The zero-order valence-electron chi connectivity index (χ0n) is 11.8. The summed E-state index contributed by atoms with van der Waals surface area (Å²) in [4.78, 5) is 10.6. The smallest absolute Gasteiger partial charge is 0.264 e. The van der Waals surface area contributed by atoms with E-state index in [-0.39, 0.29) is 16.0 Å². The lowest BCUT2D eigenvalue weighted by atomic mass is 9.75. The standard InChI is InChI=1S/C15H18BrN3O2/c16-10-15(6-2-1-3-7-15)11-18-14-8-13(19(20)21)5-4-12(14)9-17-18/h4-5,8-9H,1-3,6-7,10-11H2. The van der Waals surface area contributed by atoms with Crippen molar-refractivity contribution in [2.75, 3.05) is 5.33 Å².